The maximum Gasteiger partial charge on any atom is 0.226 e. The number of allylic oxidation sites excluding steroid dienone is 1. The summed E-state index contributed by atoms with van der Waals surface area (Å²) in [6.45, 7) is 5.24. The molecule has 0 aromatic heterocycles. The smallest absolute Gasteiger partial charge is 0.226 e. The van der Waals surface area contributed by atoms with Crippen LogP contribution in [-0.2, 0) is 28.5 Å². The SMILES string of the molecule is C[C@]12CCC(=O)C=C1CCC1C2C(=O)C[C@@]2(C)C1CC[C@@]21OCOC12COCO2. The van der Waals surface area contributed by atoms with Gasteiger partial charge in [0.15, 0.2) is 19.4 Å². The van der Waals surface area contributed by atoms with Gasteiger partial charge in [-0.2, -0.15) is 0 Å². The first-order chi connectivity index (χ1) is 13.9. The van der Waals surface area contributed by atoms with E-state index in [2.05, 4.69) is 13.8 Å². The lowest BCUT2D eigenvalue weighted by atomic mass is 9.45. The lowest BCUT2D eigenvalue weighted by molar-refractivity contribution is -0.246. The fourth-order valence-electron chi connectivity index (χ4n) is 8.36. The fraction of sp³-hybridized carbons (Fsp3) is 0.826. The monoisotopic (exact) mass is 402 g/mol. The van der Waals surface area contributed by atoms with Gasteiger partial charge in [-0.25, -0.2) is 0 Å². The molecule has 2 saturated heterocycles. The van der Waals surface area contributed by atoms with Gasteiger partial charge in [-0.1, -0.05) is 19.4 Å². The van der Waals surface area contributed by atoms with E-state index >= 15 is 0 Å². The van der Waals surface area contributed by atoms with Crippen molar-refractivity contribution >= 4 is 11.6 Å². The van der Waals surface area contributed by atoms with Crippen molar-refractivity contribution in [3.8, 4) is 0 Å². The molecule has 158 valence electrons. The van der Waals surface area contributed by atoms with Crippen LogP contribution in [0.5, 0.6) is 0 Å². The van der Waals surface area contributed by atoms with Gasteiger partial charge in [0.05, 0.1) is 0 Å². The van der Waals surface area contributed by atoms with Crippen LogP contribution in [0.2, 0.25) is 0 Å². The van der Waals surface area contributed by atoms with Crippen LogP contribution in [0.4, 0.5) is 0 Å². The highest BCUT2D eigenvalue weighted by atomic mass is 16.9. The molecule has 2 aliphatic heterocycles. The molecule has 4 unspecified atom stereocenters. The number of Topliss-reactive ketones (excluding diaryl/α,β-unsaturated/α-hetero) is 1. The zero-order valence-electron chi connectivity index (χ0n) is 17.3. The average molecular weight is 402 g/mol. The first-order valence-electron chi connectivity index (χ1n) is 11.1. The van der Waals surface area contributed by atoms with Gasteiger partial charge in [0.25, 0.3) is 0 Å². The Bertz CT molecular complexity index is 807. The van der Waals surface area contributed by atoms with Crippen LogP contribution >= 0.6 is 0 Å². The second kappa shape index (κ2) is 5.78. The van der Waals surface area contributed by atoms with Crippen molar-refractivity contribution in [1.29, 1.82) is 0 Å². The molecule has 0 aromatic rings. The topological polar surface area (TPSA) is 71.1 Å². The molecule has 0 amide bonds. The molecule has 6 rings (SSSR count). The van der Waals surface area contributed by atoms with Gasteiger partial charge in [0.2, 0.25) is 5.79 Å². The van der Waals surface area contributed by atoms with Crippen LogP contribution < -0.4 is 0 Å². The quantitative estimate of drug-likeness (QED) is 0.620. The van der Waals surface area contributed by atoms with Crippen molar-refractivity contribution in [2.75, 3.05) is 20.2 Å². The number of carbonyl (C=O) groups excluding carboxylic acids is 2. The Morgan fingerprint density at radius 3 is 2.62 bits per heavy atom. The van der Waals surface area contributed by atoms with E-state index in [-0.39, 0.29) is 36.1 Å². The van der Waals surface area contributed by atoms with Crippen molar-refractivity contribution in [2.45, 2.75) is 70.2 Å². The molecule has 6 nitrogen and oxygen atoms in total. The summed E-state index contributed by atoms with van der Waals surface area (Å²) < 4.78 is 24.0. The average Bonchev–Trinajstić information content (AvgIpc) is 3.37. The minimum absolute atomic E-state index is 0.0165. The number of fused-ring (bicyclic) bond motifs is 7. The minimum atomic E-state index is -0.884. The van der Waals surface area contributed by atoms with Gasteiger partial charge >= 0.3 is 0 Å². The van der Waals surface area contributed by atoms with Gasteiger partial charge < -0.3 is 18.9 Å². The molecule has 0 N–H and O–H groups in total. The van der Waals surface area contributed by atoms with Crippen molar-refractivity contribution in [2.24, 2.45) is 28.6 Å². The van der Waals surface area contributed by atoms with Crippen LogP contribution in [0.1, 0.15) is 58.8 Å². The van der Waals surface area contributed by atoms with E-state index in [1.54, 1.807) is 0 Å². The molecule has 6 aliphatic rings. The molecule has 7 atom stereocenters. The maximum atomic E-state index is 13.8. The molecule has 0 bridgehead atoms. The highest BCUT2D eigenvalue weighted by molar-refractivity contribution is 5.93. The standard InChI is InChI=1S/C23H30O6/c1-20-7-5-15(24)9-14(20)3-4-16-17-6-8-22(21(17,2)10-18(25)19(16)20)23(29-13-27-22)11-26-12-28-23/h9,16-17,19H,3-8,10-13H2,1-2H3/t16?,17?,19?,20-,21-,22+,23?/m0/s1. The lowest BCUT2D eigenvalue weighted by Gasteiger charge is -2.59. The highest BCUT2D eigenvalue weighted by Crippen LogP contribution is 2.70. The predicted molar refractivity (Wildman–Crippen MR) is 102 cm³/mol. The first-order valence-corrected chi connectivity index (χ1v) is 11.1. The molecule has 29 heavy (non-hydrogen) atoms. The number of hydrogen-bond acceptors (Lipinski definition) is 6. The third kappa shape index (κ3) is 2.07. The van der Waals surface area contributed by atoms with Crippen molar-refractivity contribution in [3.63, 3.8) is 0 Å². The van der Waals surface area contributed by atoms with Crippen molar-refractivity contribution < 1.29 is 28.5 Å². The predicted octanol–water partition coefficient (Wildman–Crippen LogP) is 3.14. The van der Waals surface area contributed by atoms with Crippen molar-refractivity contribution in [3.05, 3.63) is 11.6 Å². The summed E-state index contributed by atoms with van der Waals surface area (Å²) in [6.07, 6.45) is 7.48. The number of carbonyl (C=O) groups is 2. The molecule has 3 saturated carbocycles. The molecule has 2 spiro atoms. The van der Waals surface area contributed by atoms with Crippen LogP contribution in [0.25, 0.3) is 0 Å². The zero-order valence-corrected chi connectivity index (χ0v) is 17.3. The first kappa shape index (κ1) is 18.7. The number of ether oxygens (including phenoxy) is 4. The van der Waals surface area contributed by atoms with Gasteiger partial charge in [0, 0.05) is 24.2 Å². The van der Waals surface area contributed by atoms with E-state index in [0.717, 1.165) is 32.1 Å². The van der Waals surface area contributed by atoms with E-state index in [1.165, 1.54) is 5.57 Å². The normalized spacial score (nSPS) is 53.9. The number of ketones is 2. The summed E-state index contributed by atoms with van der Waals surface area (Å²) >= 11 is 0. The highest BCUT2D eigenvalue weighted by Gasteiger charge is 2.76. The second-order valence-electron chi connectivity index (χ2n) is 10.5. The molecule has 2 heterocycles. The fourth-order valence-corrected chi connectivity index (χ4v) is 8.36. The van der Waals surface area contributed by atoms with Crippen LogP contribution in [0, 0.1) is 28.6 Å². The molecular weight excluding hydrogens is 372 g/mol. The third-order valence-electron chi connectivity index (χ3n) is 9.65. The molecule has 4 aliphatic carbocycles. The summed E-state index contributed by atoms with van der Waals surface area (Å²) in [4.78, 5) is 25.8. The van der Waals surface area contributed by atoms with Gasteiger partial charge in [-0.15, -0.1) is 0 Å². The maximum absolute atomic E-state index is 13.8. The number of rotatable bonds is 0. The van der Waals surface area contributed by atoms with Gasteiger partial charge in [0.1, 0.15) is 18.0 Å². The third-order valence-corrected chi connectivity index (χ3v) is 9.65. The van der Waals surface area contributed by atoms with E-state index in [9.17, 15) is 9.59 Å². The molecule has 6 heteroatoms. The van der Waals surface area contributed by atoms with E-state index < -0.39 is 11.4 Å². The summed E-state index contributed by atoms with van der Waals surface area (Å²) in [6, 6.07) is 0. The summed E-state index contributed by atoms with van der Waals surface area (Å²) in [5.74, 6) is 0.416. The lowest BCUT2D eigenvalue weighted by Crippen LogP contribution is -2.65. The van der Waals surface area contributed by atoms with E-state index in [0.29, 0.717) is 37.1 Å². The van der Waals surface area contributed by atoms with E-state index in [4.69, 9.17) is 18.9 Å². The Labute approximate surface area is 171 Å². The van der Waals surface area contributed by atoms with Crippen LogP contribution in [0.15, 0.2) is 11.6 Å². The summed E-state index contributed by atoms with van der Waals surface area (Å²) in [7, 11) is 0. The van der Waals surface area contributed by atoms with Gasteiger partial charge in [-0.3, -0.25) is 9.59 Å². The molecular formula is C23H30O6. The molecule has 0 radical (unpaired) electrons. The van der Waals surface area contributed by atoms with E-state index in [1.807, 2.05) is 6.08 Å². The minimum Gasteiger partial charge on any atom is -0.350 e. The largest absolute Gasteiger partial charge is 0.350 e. The van der Waals surface area contributed by atoms with Gasteiger partial charge in [-0.05, 0) is 55.4 Å². The summed E-state index contributed by atoms with van der Waals surface area (Å²) in [5.41, 5.74) is 0.103. The molecule has 0 aromatic carbocycles. The summed E-state index contributed by atoms with van der Waals surface area (Å²) in [5, 5.41) is 0. The zero-order chi connectivity index (χ0) is 20.1. The second-order valence-corrected chi connectivity index (χ2v) is 10.5. The Hall–Kier alpha value is -1.08. The molecule has 5 fully saturated rings. The number of hydrogen-bond donors (Lipinski definition) is 0. The Kier molecular flexibility index (Phi) is 3.72. The Morgan fingerprint density at radius 1 is 1.00 bits per heavy atom. The Morgan fingerprint density at radius 2 is 1.83 bits per heavy atom. The van der Waals surface area contributed by atoms with Crippen LogP contribution in [0.3, 0.4) is 0 Å². The Balaban J connectivity index is 1.42. The van der Waals surface area contributed by atoms with Crippen LogP contribution in [-0.4, -0.2) is 43.1 Å². The van der Waals surface area contributed by atoms with Crippen molar-refractivity contribution in [1.82, 2.24) is 0 Å².